The second-order valence-corrected chi connectivity index (χ2v) is 7.38. The van der Waals surface area contributed by atoms with Gasteiger partial charge in [0.2, 0.25) is 0 Å². The minimum absolute atomic E-state index is 0.0355. The molecule has 2 aliphatic heterocycles. The van der Waals surface area contributed by atoms with Gasteiger partial charge in [0.05, 0.1) is 6.26 Å². The number of hydrogen-bond acceptors (Lipinski definition) is 5. The molecule has 0 N–H and O–H groups in total. The van der Waals surface area contributed by atoms with Crippen LogP contribution in [-0.4, -0.2) is 62.5 Å². The maximum absolute atomic E-state index is 13.6. The number of hydrogen-bond donors (Lipinski definition) is 0. The molecule has 2 saturated heterocycles. The highest BCUT2D eigenvalue weighted by Crippen LogP contribution is 2.32. The minimum Gasteiger partial charge on any atom is -0.463 e. The third kappa shape index (κ3) is 3.17. The minimum atomic E-state index is -4.66. The smallest absolute Gasteiger partial charge is 0.433 e. The van der Waals surface area contributed by atoms with Gasteiger partial charge in [0.15, 0.2) is 22.8 Å². The standard InChI is InChI=1S/C19H18F3N5O2/c20-19(21,22)16-9-13(15-4-2-8-29-15)23-17-10-14(24-27(16)17)18(28)26-7-6-25-5-1-3-12(25)11-26/h2,4,8-10,12H,1,3,5-7,11H2/t12-/m0/s1. The van der Waals surface area contributed by atoms with Crippen molar-refractivity contribution >= 4 is 11.6 Å². The van der Waals surface area contributed by atoms with Crippen molar-refractivity contribution in [2.24, 2.45) is 0 Å². The van der Waals surface area contributed by atoms with Gasteiger partial charge in [-0.2, -0.15) is 18.3 Å². The number of amides is 1. The lowest BCUT2D eigenvalue weighted by molar-refractivity contribution is -0.142. The summed E-state index contributed by atoms with van der Waals surface area (Å²) in [6, 6.07) is 5.61. The van der Waals surface area contributed by atoms with E-state index in [9.17, 15) is 18.0 Å². The van der Waals surface area contributed by atoms with E-state index in [1.807, 2.05) is 0 Å². The SMILES string of the molecule is O=C(c1cc2nc(-c3ccco3)cc(C(F)(F)F)n2n1)N1CCN2CCC[C@H]2C1. The number of rotatable bonds is 2. The van der Waals surface area contributed by atoms with Crippen molar-refractivity contribution in [3.8, 4) is 11.5 Å². The zero-order chi connectivity index (χ0) is 20.2. The number of carbonyl (C=O) groups is 1. The van der Waals surface area contributed by atoms with Gasteiger partial charge >= 0.3 is 6.18 Å². The number of furan rings is 1. The molecule has 10 heteroatoms. The van der Waals surface area contributed by atoms with Crippen LogP contribution in [-0.2, 0) is 6.18 Å². The summed E-state index contributed by atoms with van der Waals surface area (Å²) in [5.41, 5.74) is -1.05. The van der Waals surface area contributed by atoms with Crippen LogP contribution in [0.2, 0.25) is 0 Å². The Hall–Kier alpha value is -2.88. The van der Waals surface area contributed by atoms with Crippen molar-refractivity contribution in [1.29, 1.82) is 0 Å². The molecule has 0 aliphatic carbocycles. The van der Waals surface area contributed by atoms with Crippen molar-refractivity contribution in [2.45, 2.75) is 25.1 Å². The molecule has 1 atom stereocenters. The Bertz CT molecular complexity index is 1060. The van der Waals surface area contributed by atoms with E-state index in [0.717, 1.165) is 32.0 Å². The second kappa shape index (κ2) is 6.58. The number of halogens is 3. The molecule has 152 valence electrons. The van der Waals surface area contributed by atoms with E-state index in [0.29, 0.717) is 23.6 Å². The van der Waals surface area contributed by atoms with Gasteiger partial charge < -0.3 is 9.32 Å². The third-order valence-corrected chi connectivity index (χ3v) is 5.58. The lowest BCUT2D eigenvalue weighted by atomic mass is 10.1. The molecule has 3 aromatic heterocycles. The Morgan fingerprint density at radius 2 is 2.07 bits per heavy atom. The molecule has 0 aromatic carbocycles. The van der Waals surface area contributed by atoms with Crippen LogP contribution in [0.4, 0.5) is 13.2 Å². The number of carbonyl (C=O) groups excluding carboxylic acids is 1. The lowest BCUT2D eigenvalue weighted by Gasteiger charge is -2.37. The Morgan fingerprint density at radius 1 is 1.21 bits per heavy atom. The molecule has 0 bridgehead atoms. The van der Waals surface area contributed by atoms with E-state index in [-0.39, 0.29) is 28.7 Å². The van der Waals surface area contributed by atoms with Gasteiger partial charge in [-0.25, -0.2) is 9.50 Å². The molecule has 0 saturated carbocycles. The molecule has 7 nitrogen and oxygen atoms in total. The first-order valence-corrected chi connectivity index (χ1v) is 9.45. The van der Waals surface area contributed by atoms with Gasteiger partial charge in [0, 0.05) is 31.7 Å². The molecular formula is C19H18F3N5O2. The molecule has 2 fully saturated rings. The van der Waals surface area contributed by atoms with Crippen molar-refractivity contribution < 1.29 is 22.4 Å². The van der Waals surface area contributed by atoms with Crippen molar-refractivity contribution in [3.05, 3.63) is 41.9 Å². The average molecular weight is 405 g/mol. The first-order chi connectivity index (χ1) is 13.9. The monoisotopic (exact) mass is 405 g/mol. The van der Waals surface area contributed by atoms with Gasteiger partial charge in [0.25, 0.3) is 5.91 Å². The van der Waals surface area contributed by atoms with Gasteiger partial charge in [0.1, 0.15) is 5.69 Å². The number of alkyl halides is 3. The summed E-state index contributed by atoms with van der Waals surface area (Å²) in [6.45, 7) is 2.93. The molecule has 0 radical (unpaired) electrons. The van der Waals surface area contributed by atoms with Crippen LogP contribution >= 0.6 is 0 Å². The van der Waals surface area contributed by atoms with Gasteiger partial charge in [-0.05, 0) is 37.6 Å². The van der Waals surface area contributed by atoms with E-state index in [1.54, 1.807) is 11.0 Å². The van der Waals surface area contributed by atoms with Crippen molar-refractivity contribution in [1.82, 2.24) is 24.4 Å². The zero-order valence-corrected chi connectivity index (χ0v) is 15.4. The molecule has 2 aliphatic rings. The third-order valence-electron chi connectivity index (χ3n) is 5.58. The normalized spacial score (nSPS) is 20.4. The maximum Gasteiger partial charge on any atom is 0.433 e. The fourth-order valence-electron chi connectivity index (χ4n) is 4.17. The van der Waals surface area contributed by atoms with Crippen LogP contribution in [0.1, 0.15) is 29.0 Å². The van der Waals surface area contributed by atoms with E-state index < -0.39 is 11.9 Å². The highest BCUT2D eigenvalue weighted by atomic mass is 19.4. The molecule has 1 amide bonds. The quantitative estimate of drug-likeness (QED) is 0.656. The Morgan fingerprint density at radius 3 is 2.83 bits per heavy atom. The Labute approximate surface area is 163 Å². The Balaban J connectivity index is 1.53. The predicted molar refractivity (Wildman–Crippen MR) is 96.2 cm³/mol. The summed E-state index contributed by atoms with van der Waals surface area (Å²) in [6.07, 6.45) is -1.16. The molecule has 3 aromatic rings. The summed E-state index contributed by atoms with van der Waals surface area (Å²) >= 11 is 0. The van der Waals surface area contributed by atoms with E-state index in [1.165, 1.54) is 18.4 Å². The number of piperazine rings is 1. The number of aromatic nitrogens is 3. The molecule has 5 rings (SSSR count). The van der Waals surface area contributed by atoms with Crippen molar-refractivity contribution in [2.75, 3.05) is 26.2 Å². The van der Waals surface area contributed by atoms with E-state index in [2.05, 4.69) is 15.0 Å². The Kier molecular flexibility index (Phi) is 4.12. The van der Waals surface area contributed by atoms with Crippen LogP contribution in [0.15, 0.2) is 34.9 Å². The van der Waals surface area contributed by atoms with Crippen LogP contribution in [0.5, 0.6) is 0 Å². The molecular weight excluding hydrogens is 387 g/mol. The van der Waals surface area contributed by atoms with Crippen molar-refractivity contribution in [3.63, 3.8) is 0 Å². The maximum atomic E-state index is 13.6. The van der Waals surface area contributed by atoms with E-state index in [4.69, 9.17) is 4.42 Å². The van der Waals surface area contributed by atoms with Crippen LogP contribution in [0.3, 0.4) is 0 Å². The summed E-state index contributed by atoms with van der Waals surface area (Å²) in [4.78, 5) is 21.2. The average Bonchev–Trinajstić information content (AvgIpc) is 3.44. The largest absolute Gasteiger partial charge is 0.463 e. The highest BCUT2D eigenvalue weighted by Gasteiger charge is 2.37. The fraction of sp³-hybridized carbons (Fsp3) is 0.421. The first kappa shape index (κ1) is 18.2. The summed E-state index contributed by atoms with van der Waals surface area (Å²) < 4.78 is 46.8. The molecule has 0 spiro atoms. The van der Waals surface area contributed by atoms with Gasteiger partial charge in [-0.15, -0.1) is 0 Å². The van der Waals surface area contributed by atoms with E-state index >= 15 is 0 Å². The summed E-state index contributed by atoms with van der Waals surface area (Å²) in [5.74, 6) is -0.154. The summed E-state index contributed by atoms with van der Waals surface area (Å²) in [7, 11) is 0. The first-order valence-electron chi connectivity index (χ1n) is 9.45. The molecule has 0 unspecified atom stereocenters. The number of nitrogens with zero attached hydrogens (tertiary/aromatic N) is 5. The zero-order valence-electron chi connectivity index (χ0n) is 15.4. The molecule has 29 heavy (non-hydrogen) atoms. The van der Waals surface area contributed by atoms with Crippen LogP contribution in [0.25, 0.3) is 17.1 Å². The topological polar surface area (TPSA) is 66.9 Å². The fourth-order valence-corrected chi connectivity index (χ4v) is 4.17. The lowest BCUT2D eigenvalue weighted by Crippen LogP contribution is -2.52. The van der Waals surface area contributed by atoms with Crippen LogP contribution < -0.4 is 0 Å². The summed E-state index contributed by atoms with van der Waals surface area (Å²) in [5, 5.41) is 3.96. The highest BCUT2D eigenvalue weighted by molar-refractivity contribution is 5.93. The molecule has 5 heterocycles. The second-order valence-electron chi connectivity index (χ2n) is 7.38. The number of fused-ring (bicyclic) bond motifs is 2. The predicted octanol–water partition coefficient (Wildman–Crippen LogP) is 2.93. The van der Waals surface area contributed by atoms with Gasteiger partial charge in [-0.1, -0.05) is 0 Å². The van der Waals surface area contributed by atoms with Gasteiger partial charge in [-0.3, -0.25) is 9.69 Å². The van der Waals surface area contributed by atoms with Crippen LogP contribution in [0, 0.1) is 0 Å².